The highest BCUT2D eigenvalue weighted by atomic mass is 35.5. The van der Waals surface area contributed by atoms with Gasteiger partial charge in [-0.2, -0.15) is 0 Å². The lowest BCUT2D eigenvalue weighted by molar-refractivity contribution is 0.353. The van der Waals surface area contributed by atoms with Crippen LogP contribution in [-0.4, -0.2) is 56.5 Å². The Balaban J connectivity index is 1.99. The molecule has 0 atom stereocenters. The fourth-order valence-electron chi connectivity index (χ4n) is 2.73. The van der Waals surface area contributed by atoms with E-state index in [4.69, 9.17) is 23.2 Å². The van der Waals surface area contributed by atoms with E-state index in [1.54, 1.807) is 20.9 Å². The number of guanidine groups is 1. The second-order valence-electron chi connectivity index (χ2n) is 6.42. The molecule has 1 saturated heterocycles. The van der Waals surface area contributed by atoms with Crippen LogP contribution in [0.5, 0.6) is 0 Å². The molecule has 5 nitrogen and oxygen atoms in total. The second-order valence-corrected chi connectivity index (χ2v) is 9.98. The first-order chi connectivity index (χ1) is 11.2. The number of rotatable bonds is 3. The minimum atomic E-state index is -3.07. The van der Waals surface area contributed by atoms with Gasteiger partial charge >= 0.3 is 0 Å². The molecule has 1 aromatic rings. The minimum Gasteiger partial charge on any atom is -0.356 e. The summed E-state index contributed by atoms with van der Waals surface area (Å²) in [5, 5.41) is 4.56. The molecule has 2 rings (SSSR count). The van der Waals surface area contributed by atoms with E-state index in [0.29, 0.717) is 42.1 Å². The molecule has 134 valence electrons. The molecule has 1 aliphatic rings. The van der Waals surface area contributed by atoms with Crippen LogP contribution in [0.1, 0.15) is 19.4 Å². The smallest absolute Gasteiger partial charge is 0.193 e. The summed E-state index contributed by atoms with van der Waals surface area (Å²) in [5.41, 5.74) is 0.894. The van der Waals surface area contributed by atoms with Gasteiger partial charge in [0.2, 0.25) is 0 Å². The third-order valence-electron chi connectivity index (χ3n) is 4.27. The number of halogens is 2. The number of aliphatic imine (C=N–C) groups is 1. The van der Waals surface area contributed by atoms with E-state index in [-0.39, 0.29) is 5.75 Å². The number of benzene rings is 1. The van der Waals surface area contributed by atoms with Crippen LogP contribution in [0.4, 0.5) is 0 Å². The average Bonchev–Trinajstić information content (AvgIpc) is 2.49. The van der Waals surface area contributed by atoms with Crippen molar-refractivity contribution in [3.63, 3.8) is 0 Å². The molecule has 0 saturated carbocycles. The first-order valence-corrected chi connectivity index (χ1v) is 10.2. The van der Waals surface area contributed by atoms with Crippen molar-refractivity contribution in [1.29, 1.82) is 0 Å². The lowest BCUT2D eigenvalue weighted by Crippen LogP contribution is -2.57. The van der Waals surface area contributed by atoms with E-state index in [9.17, 15) is 8.42 Å². The van der Waals surface area contributed by atoms with Crippen LogP contribution in [0.15, 0.2) is 23.2 Å². The molecule has 0 amide bonds. The molecule has 1 N–H and O–H groups in total. The molecule has 8 heteroatoms. The number of hydrogen-bond donors (Lipinski definition) is 1. The molecule has 0 unspecified atom stereocenters. The summed E-state index contributed by atoms with van der Waals surface area (Å²) in [6.07, 6.45) is 0.660. The topological polar surface area (TPSA) is 61.8 Å². The molecular weight excluding hydrogens is 369 g/mol. The Morgan fingerprint density at radius 1 is 1.33 bits per heavy atom. The fraction of sp³-hybridized carbons (Fsp3) is 0.562. The molecule has 0 radical (unpaired) electrons. The van der Waals surface area contributed by atoms with E-state index in [2.05, 4.69) is 10.3 Å². The number of hydrogen-bond acceptors (Lipinski definition) is 3. The van der Waals surface area contributed by atoms with Gasteiger partial charge in [0.05, 0.1) is 10.5 Å². The Morgan fingerprint density at radius 3 is 2.50 bits per heavy atom. The molecule has 0 bridgehead atoms. The van der Waals surface area contributed by atoms with Gasteiger partial charge in [-0.3, -0.25) is 4.99 Å². The summed E-state index contributed by atoms with van der Waals surface area (Å²) in [4.78, 5) is 6.25. The molecule has 0 aromatic heterocycles. The summed E-state index contributed by atoms with van der Waals surface area (Å²) in [5.74, 6) is 0.831. The summed E-state index contributed by atoms with van der Waals surface area (Å²) >= 11 is 12.4. The second kappa shape index (κ2) is 7.50. The van der Waals surface area contributed by atoms with Gasteiger partial charge in [0.25, 0.3) is 0 Å². The van der Waals surface area contributed by atoms with Gasteiger partial charge in [-0.1, -0.05) is 29.3 Å². The van der Waals surface area contributed by atoms with Crippen molar-refractivity contribution in [2.24, 2.45) is 4.99 Å². The van der Waals surface area contributed by atoms with Gasteiger partial charge in [0, 0.05) is 36.7 Å². The highest BCUT2D eigenvalue weighted by molar-refractivity contribution is 7.92. The SMILES string of the molecule is CN=C(NCCc1c(Cl)cccc1Cl)N1CCS(=O)(=O)C(C)(C)C1. The van der Waals surface area contributed by atoms with Crippen LogP contribution in [-0.2, 0) is 16.3 Å². The average molecular weight is 392 g/mol. The van der Waals surface area contributed by atoms with Crippen LogP contribution in [0.25, 0.3) is 0 Å². The van der Waals surface area contributed by atoms with Crippen molar-refractivity contribution in [3.05, 3.63) is 33.8 Å². The highest BCUT2D eigenvalue weighted by Crippen LogP contribution is 2.25. The van der Waals surface area contributed by atoms with Crippen molar-refractivity contribution in [2.45, 2.75) is 25.0 Å². The Kier molecular flexibility index (Phi) is 6.04. The summed E-state index contributed by atoms with van der Waals surface area (Å²) in [6.45, 7) is 4.98. The first kappa shape index (κ1) is 19.3. The summed E-state index contributed by atoms with van der Waals surface area (Å²) in [6, 6.07) is 5.45. The third-order valence-corrected chi connectivity index (χ3v) is 7.52. The monoisotopic (exact) mass is 391 g/mol. The third kappa shape index (κ3) is 4.16. The quantitative estimate of drug-likeness (QED) is 0.635. The molecule has 24 heavy (non-hydrogen) atoms. The normalized spacial score (nSPS) is 20.0. The predicted octanol–water partition coefficient (Wildman–Crippen LogP) is 2.62. The van der Waals surface area contributed by atoms with Gasteiger partial charge < -0.3 is 10.2 Å². The van der Waals surface area contributed by atoms with E-state index in [1.165, 1.54) is 0 Å². The lowest BCUT2D eigenvalue weighted by atomic mass is 10.1. The van der Waals surface area contributed by atoms with Crippen molar-refractivity contribution in [2.75, 3.05) is 32.4 Å². The molecule has 1 fully saturated rings. The molecule has 0 spiro atoms. The number of sulfone groups is 1. The van der Waals surface area contributed by atoms with Gasteiger partial charge in [-0.05, 0) is 38.0 Å². The molecular formula is C16H23Cl2N3O2S. The van der Waals surface area contributed by atoms with Gasteiger partial charge in [0.15, 0.2) is 15.8 Å². The highest BCUT2D eigenvalue weighted by Gasteiger charge is 2.40. The van der Waals surface area contributed by atoms with Crippen LogP contribution < -0.4 is 5.32 Å². The Labute approximate surface area is 154 Å². The van der Waals surface area contributed by atoms with E-state index in [0.717, 1.165) is 5.56 Å². The van der Waals surface area contributed by atoms with E-state index in [1.807, 2.05) is 23.1 Å². The maximum atomic E-state index is 12.1. The van der Waals surface area contributed by atoms with Crippen molar-refractivity contribution in [1.82, 2.24) is 10.2 Å². The number of nitrogens with zero attached hydrogens (tertiary/aromatic N) is 2. The number of nitrogens with one attached hydrogen (secondary N) is 1. The van der Waals surface area contributed by atoms with Crippen LogP contribution in [0.2, 0.25) is 10.0 Å². The first-order valence-electron chi connectivity index (χ1n) is 7.79. The summed E-state index contributed by atoms with van der Waals surface area (Å²) in [7, 11) is -1.37. The van der Waals surface area contributed by atoms with Gasteiger partial charge in [-0.25, -0.2) is 8.42 Å². The van der Waals surface area contributed by atoms with E-state index >= 15 is 0 Å². The van der Waals surface area contributed by atoms with E-state index < -0.39 is 14.6 Å². The zero-order valence-electron chi connectivity index (χ0n) is 14.1. The summed E-state index contributed by atoms with van der Waals surface area (Å²) < 4.78 is 23.5. The van der Waals surface area contributed by atoms with Gasteiger partial charge in [-0.15, -0.1) is 0 Å². The van der Waals surface area contributed by atoms with Crippen molar-refractivity contribution in [3.8, 4) is 0 Å². The standard InChI is InChI=1S/C16H23Cl2N3O2S/c1-16(2)11-21(9-10-24(16,22)23)15(19-3)20-8-7-12-13(17)5-4-6-14(12)18/h4-6H,7-11H2,1-3H3,(H,19,20). The lowest BCUT2D eigenvalue weighted by Gasteiger charge is -2.39. The van der Waals surface area contributed by atoms with Crippen LogP contribution >= 0.6 is 23.2 Å². The Hall–Kier alpha value is -0.980. The predicted molar refractivity (Wildman–Crippen MR) is 101 cm³/mol. The zero-order valence-corrected chi connectivity index (χ0v) is 16.5. The van der Waals surface area contributed by atoms with Crippen LogP contribution in [0, 0.1) is 0 Å². The largest absolute Gasteiger partial charge is 0.356 e. The van der Waals surface area contributed by atoms with Gasteiger partial charge in [0.1, 0.15) is 0 Å². The molecule has 1 heterocycles. The molecule has 0 aliphatic carbocycles. The molecule has 1 aliphatic heterocycles. The van der Waals surface area contributed by atoms with Crippen LogP contribution in [0.3, 0.4) is 0 Å². The Morgan fingerprint density at radius 2 is 1.96 bits per heavy atom. The maximum Gasteiger partial charge on any atom is 0.193 e. The maximum absolute atomic E-state index is 12.1. The molecule has 1 aromatic carbocycles. The van der Waals surface area contributed by atoms with Crippen molar-refractivity contribution >= 4 is 39.0 Å². The van der Waals surface area contributed by atoms with Crippen molar-refractivity contribution < 1.29 is 8.42 Å². The Bertz CT molecular complexity index is 713. The minimum absolute atomic E-state index is 0.136. The fourth-order valence-corrected chi connectivity index (χ4v) is 4.68. The zero-order chi connectivity index (χ0) is 18.0.